The normalized spacial score (nSPS) is 16.2. The Balaban J connectivity index is 2.09. The van der Waals surface area contributed by atoms with Crippen molar-refractivity contribution in [1.29, 1.82) is 0 Å². The van der Waals surface area contributed by atoms with E-state index < -0.39 is 0 Å². The Bertz CT molecular complexity index is 394. The molecule has 5 heteroatoms. The van der Waals surface area contributed by atoms with E-state index in [4.69, 9.17) is 10.8 Å². The number of hydrogen-bond donors (Lipinski definition) is 2. The third-order valence-electron chi connectivity index (χ3n) is 2.98. The van der Waals surface area contributed by atoms with E-state index in [-0.39, 0.29) is 18.4 Å². The molecule has 0 aromatic carbocycles. The second-order valence-electron chi connectivity index (χ2n) is 4.20. The first-order valence-electron chi connectivity index (χ1n) is 5.51. The first-order chi connectivity index (χ1) is 7.65. The van der Waals surface area contributed by atoms with Crippen LogP contribution in [0.25, 0.3) is 0 Å². The summed E-state index contributed by atoms with van der Waals surface area (Å²) in [6, 6.07) is 1.71. The monoisotopic (exact) mass is 223 g/mol. The zero-order valence-corrected chi connectivity index (χ0v) is 9.39. The van der Waals surface area contributed by atoms with E-state index in [1.54, 1.807) is 17.2 Å². The van der Waals surface area contributed by atoms with Gasteiger partial charge in [-0.15, -0.1) is 0 Å². The molecule has 1 amide bonds. The van der Waals surface area contributed by atoms with Gasteiger partial charge in [0.05, 0.1) is 5.69 Å². The van der Waals surface area contributed by atoms with Crippen LogP contribution in [0.5, 0.6) is 0 Å². The van der Waals surface area contributed by atoms with Crippen LogP contribution in [0.4, 0.5) is 5.69 Å². The fourth-order valence-electron chi connectivity index (χ4n) is 1.99. The summed E-state index contributed by atoms with van der Waals surface area (Å²) in [5, 5.41) is 8.90. The average molecular weight is 223 g/mol. The number of carbonyl (C=O) groups is 1. The number of likely N-dealkylation sites (tertiary alicyclic amines) is 1. The minimum absolute atomic E-state index is 0.00301. The number of nitrogen functional groups attached to an aromatic ring is 1. The quantitative estimate of drug-likeness (QED) is 0.766. The summed E-state index contributed by atoms with van der Waals surface area (Å²) >= 11 is 0. The maximum atomic E-state index is 12.0. The third kappa shape index (κ3) is 1.78. The molecule has 0 spiro atoms. The number of aliphatic hydroxyl groups is 1. The van der Waals surface area contributed by atoms with Crippen LogP contribution in [0.3, 0.4) is 0 Å². The van der Waals surface area contributed by atoms with E-state index in [2.05, 4.69) is 0 Å². The molecule has 3 N–H and O–H groups in total. The number of nitrogens with two attached hydrogens (primary N) is 1. The molecule has 1 aliphatic heterocycles. The van der Waals surface area contributed by atoms with Gasteiger partial charge in [-0.25, -0.2) is 0 Å². The molecule has 1 aromatic rings. The van der Waals surface area contributed by atoms with Gasteiger partial charge in [-0.1, -0.05) is 0 Å². The summed E-state index contributed by atoms with van der Waals surface area (Å²) in [5.41, 5.74) is 6.93. The lowest BCUT2D eigenvalue weighted by Crippen LogP contribution is -2.51. The van der Waals surface area contributed by atoms with Gasteiger partial charge in [-0.2, -0.15) is 0 Å². The highest BCUT2D eigenvalue weighted by atomic mass is 16.3. The van der Waals surface area contributed by atoms with Crippen molar-refractivity contribution in [2.24, 2.45) is 5.92 Å². The summed E-state index contributed by atoms with van der Waals surface area (Å²) < 4.78 is 1.85. The number of nitrogens with zero attached hydrogens (tertiary/aromatic N) is 2. The van der Waals surface area contributed by atoms with Crippen molar-refractivity contribution in [2.75, 3.05) is 25.4 Å². The SMILES string of the molecule is CCn1cc(N)cc1C(=O)N1CC(CO)C1. The second kappa shape index (κ2) is 4.17. The molecule has 0 aliphatic carbocycles. The lowest BCUT2D eigenvalue weighted by Gasteiger charge is -2.38. The Morgan fingerprint density at radius 2 is 2.31 bits per heavy atom. The van der Waals surface area contributed by atoms with Gasteiger partial charge < -0.3 is 20.3 Å². The highest BCUT2D eigenvalue weighted by Gasteiger charge is 2.31. The number of carbonyl (C=O) groups excluding carboxylic acids is 1. The van der Waals surface area contributed by atoms with Crippen LogP contribution >= 0.6 is 0 Å². The van der Waals surface area contributed by atoms with Crippen LogP contribution in [-0.2, 0) is 6.54 Å². The highest BCUT2D eigenvalue weighted by molar-refractivity contribution is 5.94. The van der Waals surface area contributed by atoms with Crippen LogP contribution in [0.1, 0.15) is 17.4 Å². The molecule has 0 unspecified atom stereocenters. The zero-order valence-electron chi connectivity index (χ0n) is 9.39. The van der Waals surface area contributed by atoms with Crippen LogP contribution < -0.4 is 5.73 Å². The van der Waals surface area contributed by atoms with Crippen molar-refractivity contribution in [1.82, 2.24) is 9.47 Å². The van der Waals surface area contributed by atoms with Crippen molar-refractivity contribution in [3.8, 4) is 0 Å². The minimum Gasteiger partial charge on any atom is -0.397 e. The summed E-state index contributed by atoms with van der Waals surface area (Å²) in [6.07, 6.45) is 1.77. The number of aliphatic hydroxyl groups excluding tert-OH is 1. The Kier molecular flexibility index (Phi) is 2.87. The number of rotatable bonds is 3. The van der Waals surface area contributed by atoms with Gasteiger partial charge in [-0.3, -0.25) is 4.79 Å². The number of hydrogen-bond acceptors (Lipinski definition) is 3. The van der Waals surface area contributed by atoms with Crippen LogP contribution in [0.2, 0.25) is 0 Å². The molecule has 0 bridgehead atoms. The standard InChI is InChI=1S/C11H17N3O2/c1-2-13-6-9(12)3-10(13)11(16)14-4-8(5-14)7-15/h3,6,8,15H,2,4-5,7,12H2,1H3. The van der Waals surface area contributed by atoms with Crippen LogP contribution in [-0.4, -0.2) is 40.2 Å². The summed E-state index contributed by atoms with van der Waals surface area (Å²) in [7, 11) is 0. The maximum Gasteiger partial charge on any atom is 0.270 e. The molecule has 16 heavy (non-hydrogen) atoms. The van der Waals surface area contributed by atoms with Gasteiger partial charge in [0.2, 0.25) is 0 Å². The van der Waals surface area contributed by atoms with E-state index in [9.17, 15) is 4.79 Å². The number of aryl methyl sites for hydroxylation is 1. The summed E-state index contributed by atoms with van der Waals surface area (Å²) in [6.45, 7) is 4.15. The minimum atomic E-state index is 0.00301. The van der Waals surface area contributed by atoms with Gasteiger partial charge in [-0.05, 0) is 13.0 Å². The maximum absolute atomic E-state index is 12.0. The van der Waals surface area contributed by atoms with Crippen LogP contribution in [0.15, 0.2) is 12.3 Å². The van der Waals surface area contributed by atoms with Gasteiger partial charge in [0.15, 0.2) is 0 Å². The molecule has 1 saturated heterocycles. The Morgan fingerprint density at radius 1 is 1.62 bits per heavy atom. The Labute approximate surface area is 94.5 Å². The van der Waals surface area contributed by atoms with Gasteiger partial charge in [0, 0.05) is 38.4 Å². The van der Waals surface area contributed by atoms with Crippen molar-refractivity contribution in [3.05, 3.63) is 18.0 Å². The molecule has 0 atom stereocenters. The van der Waals surface area contributed by atoms with Crippen molar-refractivity contribution < 1.29 is 9.90 Å². The number of aromatic nitrogens is 1. The van der Waals surface area contributed by atoms with Crippen LogP contribution in [0, 0.1) is 5.92 Å². The Morgan fingerprint density at radius 3 is 2.88 bits per heavy atom. The molecule has 88 valence electrons. The second-order valence-corrected chi connectivity index (χ2v) is 4.20. The van der Waals surface area contributed by atoms with E-state index in [1.807, 2.05) is 11.5 Å². The molecule has 2 heterocycles. The molecule has 0 saturated carbocycles. The van der Waals surface area contributed by atoms with Gasteiger partial charge >= 0.3 is 0 Å². The number of anilines is 1. The molecule has 1 aliphatic rings. The fourth-order valence-corrected chi connectivity index (χ4v) is 1.99. The smallest absolute Gasteiger partial charge is 0.270 e. The van der Waals surface area contributed by atoms with E-state index in [1.165, 1.54) is 0 Å². The van der Waals surface area contributed by atoms with E-state index >= 15 is 0 Å². The average Bonchev–Trinajstić information content (AvgIpc) is 2.57. The van der Waals surface area contributed by atoms with Crippen molar-refractivity contribution >= 4 is 11.6 Å². The fraction of sp³-hybridized carbons (Fsp3) is 0.545. The molecule has 1 fully saturated rings. The first-order valence-corrected chi connectivity index (χ1v) is 5.51. The first kappa shape index (κ1) is 11.0. The van der Waals surface area contributed by atoms with Gasteiger partial charge in [0.1, 0.15) is 5.69 Å². The third-order valence-corrected chi connectivity index (χ3v) is 2.98. The highest BCUT2D eigenvalue weighted by Crippen LogP contribution is 2.20. The lowest BCUT2D eigenvalue weighted by atomic mass is 10.0. The van der Waals surface area contributed by atoms with Gasteiger partial charge in [0.25, 0.3) is 5.91 Å². The largest absolute Gasteiger partial charge is 0.397 e. The summed E-state index contributed by atoms with van der Waals surface area (Å²) in [4.78, 5) is 13.8. The van der Waals surface area contributed by atoms with Crippen molar-refractivity contribution in [3.63, 3.8) is 0 Å². The topological polar surface area (TPSA) is 71.5 Å². The molecule has 5 nitrogen and oxygen atoms in total. The lowest BCUT2D eigenvalue weighted by molar-refractivity contribution is 0.0352. The molecule has 0 radical (unpaired) electrons. The molecular weight excluding hydrogens is 206 g/mol. The van der Waals surface area contributed by atoms with Crippen molar-refractivity contribution in [2.45, 2.75) is 13.5 Å². The zero-order chi connectivity index (χ0) is 11.7. The van der Waals surface area contributed by atoms with E-state index in [0.717, 1.165) is 6.54 Å². The molecular formula is C11H17N3O2. The summed E-state index contributed by atoms with van der Waals surface area (Å²) in [5.74, 6) is 0.245. The molecule has 1 aromatic heterocycles. The molecule has 2 rings (SSSR count). The van der Waals surface area contributed by atoms with E-state index in [0.29, 0.717) is 24.5 Å². The predicted octanol–water partition coefficient (Wildman–Crippen LogP) is 0.155. The number of amides is 1. The Hall–Kier alpha value is -1.49. The predicted molar refractivity (Wildman–Crippen MR) is 61.0 cm³/mol.